The maximum atomic E-state index is 13.0. The molecule has 19 heteroatoms. The van der Waals surface area contributed by atoms with Gasteiger partial charge in [-0.2, -0.15) is 0 Å². The Hall–Kier alpha value is -1.94. The van der Waals surface area contributed by atoms with Crippen LogP contribution in [0.25, 0.3) is 0 Å². The van der Waals surface area contributed by atoms with Crippen molar-refractivity contribution >= 4 is 39.5 Å². The Morgan fingerprint density at radius 1 is 0.333 bits per heavy atom. The van der Waals surface area contributed by atoms with Crippen LogP contribution in [-0.2, 0) is 65.4 Å². The molecule has 0 aliphatic rings. The van der Waals surface area contributed by atoms with E-state index in [1.54, 1.807) is 0 Å². The Morgan fingerprint density at radius 2 is 0.568 bits per heavy atom. The first kappa shape index (κ1) is 79.1. The third kappa shape index (κ3) is 56.9. The molecule has 0 spiro atoms. The van der Waals surface area contributed by atoms with Crippen LogP contribution in [0, 0.1) is 5.92 Å². The van der Waals surface area contributed by atoms with Gasteiger partial charge in [0, 0.05) is 25.7 Å². The highest BCUT2D eigenvalue weighted by Crippen LogP contribution is 2.45. The minimum absolute atomic E-state index is 0.0989. The van der Waals surface area contributed by atoms with E-state index in [-0.39, 0.29) is 25.7 Å². The van der Waals surface area contributed by atoms with Gasteiger partial charge in [0.2, 0.25) is 0 Å². The van der Waals surface area contributed by atoms with Crippen LogP contribution in [0.1, 0.15) is 311 Å². The average Bonchev–Trinajstić information content (AvgIpc) is 3.43. The van der Waals surface area contributed by atoms with Crippen LogP contribution in [0.15, 0.2) is 0 Å². The second kappa shape index (κ2) is 55.9. The molecular weight excluding hydrogens is 1080 g/mol. The van der Waals surface area contributed by atoms with E-state index in [0.29, 0.717) is 25.7 Å². The molecule has 3 N–H and O–H groups in total. The molecular formula is C62H120O17P2. The molecule has 81 heavy (non-hydrogen) atoms. The largest absolute Gasteiger partial charge is 0.472 e. The van der Waals surface area contributed by atoms with E-state index in [4.69, 9.17) is 37.0 Å². The third-order valence-electron chi connectivity index (χ3n) is 14.3. The lowest BCUT2D eigenvalue weighted by molar-refractivity contribution is -0.161. The van der Waals surface area contributed by atoms with Gasteiger partial charge >= 0.3 is 39.5 Å². The number of phosphoric ester groups is 2. The fourth-order valence-electron chi connectivity index (χ4n) is 9.23. The van der Waals surface area contributed by atoms with E-state index in [1.165, 1.54) is 128 Å². The quantitative estimate of drug-likeness (QED) is 0.0222. The molecule has 0 aliphatic heterocycles. The highest BCUT2D eigenvalue weighted by Gasteiger charge is 2.30. The van der Waals surface area contributed by atoms with Crippen molar-refractivity contribution in [2.45, 2.75) is 329 Å². The van der Waals surface area contributed by atoms with E-state index >= 15 is 0 Å². The fourth-order valence-corrected chi connectivity index (χ4v) is 10.8. The molecule has 0 rings (SSSR count). The summed E-state index contributed by atoms with van der Waals surface area (Å²) in [5, 5.41) is 10.5. The van der Waals surface area contributed by atoms with Crippen LogP contribution in [-0.4, -0.2) is 96.7 Å². The zero-order valence-electron chi connectivity index (χ0n) is 51.9. The van der Waals surface area contributed by atoms with Crippen LogP contribution < -0.4 is 0 Å². The van der Waals surface area contributed by atoms with Gasteiger partial charge < -0.3 is 33.8 Å². The summed E-state index contributed by atoms with van der Waals surface area (Å²) in [6.07, 6.45) is 39.8. The lowest BCUT2D eigenvalue weighted by Crippen LogP contribution is -2.30. The molecule has 5 atom stereocenters. The number of carbonyl (C=O) groups excluding carboxylic acids is 4. The first-order chi connectivity index (χ1) is 39.0. The van der Waals surface area contributed by atoms with Crippen LogP contribution in [0.2, 0.25) is 0 Å². The van der Waals surface area contributed by atoms with E-state index in [2.05, 4.69) is 34.6 Å². The monoisotopic (exact) mass is 1200 g/mol. The second-order valence-electron chi connectivity index (χ2n) is 22.9. The number of unbranched alkanes of at least 4 members (excludes halogenated alkanes) is 34. The molecule has 0 saturated carbocycles. The molecule has 0 aliphatic carbocycles. The number of rotatable bonds is 62. The number of hydrogen-bond donors (Lipinski definition) is 3. The van der Waals surface area contributed by atoms with Gasteiger partial charge in [-0.25, -0.2) is 9.13 Å². The van der Waals surface area contributed by atoms with E-state index in [0.717, 1.165) is 102 Å². The van der Waals surface area contributed by atoms with Crippen LogP contribution >= 0.6 is 15.6 Å². The number of ether oxygens (including phenoxy) is 4. The lowest BCUT2D eigenvalue weighted by Gasteiger charge is -2.21. The van der Waals surface area contributed by atoms with Gasteiger partial charge in [-0.1, -0.05) is 259 Å². The van der Waals surface area contributed by atoms with Crippen molar-refractivity contribution in [1.82, 2.24) is 0 Å². The zero-order valence-corrected chi connectivity index (χ0v) is 53.7. The predicted molar refractivity (Wildman–Crippen MR) is 322 cm³/mol. The first-order valence-electron chi connectivity index (χ1n) is 32.6. The molecule has 0 aromatic carbocycles. The van der Waals surface area contributed by atoms with Crippen LogP contribution in [0.3, 0.4) is 0 Å². The molecule has 0 saturated heterocycles. The summed E-state index contributed by atoms with van der Waals surface area (Å²) < 4.78 is 67.5. The fraction of sp³-hybridized carbons (Fsp3) is 0.935. The Kier molecular flexibility index (Phi) is 54.6. The SMILES string of the molecule is CCCCCCCCCCCCCCCCCCCC(=O)O[C@H](COC(=O)CCCCCCCCCCCCCC(C)C)COP(=O)(O)OC[C@@H](O)COP(=O)(O)OC[C@@H](COC(=O)CCCCCCC)OC(=O)CCCCCCC. The van der Waals surface area contributed by atoms with Gasteiger partial charge in [-0.05, 0) is 31.6 Å². The summed E-state index contributed by atoms with van der Waals surface area (Å²) in [7, 11) is -9.86. The third-order valence-corrected chi connectivity index (χ3v) is 16.2. The molecule has 0 aromatic heterocycles. The maximum absolute atomic E-state index is 13.0. The number of hydrogen-bond acceptors (Lipinski definition) is 15. The predicted octanol–water partition coefficient (Wildman–Crippen LogP) is 17.0. The summed E-state index contributed by atoms with van der Waals surface area (Å²) in [5.41, 5.74) is 0. The van der Waals surface area contributed by atoms with E-state index in [1.807, 2.05) is 0 Å². The zero-order chi connectivity index (χ0) is 59.9. The normalized spacial score (nSPS) is 14.3. The Morgan fingerprint density at radius 3 is 0.840 bits per heavy atom. The highest BCUT2D eigenvalue weighted by atomic mass is 31.2. The topological polar surface area (TPSA) is 237 Å². The van der Waals surface area contributed by atoms with Crippen molar-refractivity contribution in [2.24, 2.45) is 5.92 Å². The van der Waals surface area contributed by atoms with Crippen molar-refractivity contribution in [3.63, 3.8) is 0 Å². The number of esters is 4. The van der Waals surface area contributed by atoms with Gasteiger partial charge in [-0.15, -0.1) is 0 Å². The van der Waals surface area contributed by atoms with Gasteiger partial charge in [0.05, 0.1) is 26.4 Å². The maximum Gasteiger partial charge on any atom is 0.472 e. The molecule has 0 amide bonds. The highest BCUT2D eigenvalue weighted by molar-refractivity contribution is 7.47. The van der Waals surface area contributed by atoms with Crippen molar-refractivity contribution in [3.8, 4) is 0 Å². The summed E-state index contributed by atoms with van der Waals surface area (Å²) >= 11 is 0. The standard InChI is InChI=1S/C62H120O17P2/c1-6-9-12-15-16-17-18-19-20-21-22-23-26-30-33-38-43-48-62(67)79-58(52-73-60(65)46-41-37-32-29-27-24-25-28-31-36-39-44-55(4)5)54-77-81(70,71)75-50-56(63)49-74-80(68,69)76-53-57(78-61(66)47-42-35-14-11-8-3)51-72-59(64)45-40-34-13-10-7-2/h55-58,63H,6-54H2,1-5H3,(H,68,69)(H,70,71)/t56-,57+,58+/m0/s1. The second-order valence-corrected chi connectivity index (χ2v) is 25.8. The van der Waals surface area contributed by atoms with Gasteiger partial charge in [-0.3, -0.25) is 37.3 Å². The molecule has 480 valence electrons. The molecule has 0 aromatic rings. The number of phosphoric acid groups is 2. The van der Waals surface area contributed by atoms with Crippen molar-refractivity contribution in [2.75, 3.05) is 39.6 Å². The van der Waals surface area contributed by atoms with Crippen molar-refractivity contribution < 1.29 is 80.2 Å². The Balaban J connectivity index is 5.10. The summed E-state index contributed by atoms with van der Waals surface area (Å²) in [6.45, 7) is 7.00. The van der Waals surface area contributed by atoms with Crippen LogP contribution in [0.5, 0.6) is 0 Å². The van der Waals surface area contributed by atoms with E-state index in [9.17, 15) is 43.2 Å². The Bertz CT molecular complexity index is 1580. The molecule has 2 unspecified atom stereocenters. The average molecular weight is 1200 g/mol. The minimum Gasteiger partial charge on any atom is -0.462 e. The lowest BCUT2D eigenvalue weighted by atomic mass is 10.0. The van der Waals surface area contributed by atoms with E-state index < -0.39 is 97.5 Å². The van der Waals surface area contributed by atoms with Crippen molar-refractivity contribution in [1.29, 1.82) is 0 Å². The Labute approximate surface area is 492 Å². The number of carbonyl (C=O) groups is 4. The summed E-state index contributed by atoms with van der Waals surface area (Å²) in [4.78, 5) is 71.6. The summed E-state index contributed by atoms with van der Waals surface area (Å²) in [5.74, 6) is -1.39. The molecule has 0 bridgehead atoms. The van der Waals surface area contributed by atoms with Gasteiger partial charge in [0.1, 0.15) is 19.3 Å². The molecule has 0 fully saturated rings. The minimum atomic E-state index is -4.94. The molecule has 17 nitrogen and oxygen atoms in total. The summed E-state index contributed by atoms with van der Waals surface area (Å²) in [6, 6.07) is 0. The van der Waals surface area contributed by atoms with Crippen molar-refractivity contribution in [3.05, 3.63) is 0 Å². The number of aliphatic hydroxyl groups excluding tert-OH is 1. The van der Waals surface area contributed by atoms with Gasteiger partial charge in [0.25, 0.3) is 0 Å². The molecule has 0 radical (unpaired) electrons. The van der Waals surface area contributed by atoms with Crippen LogP contribution in [0.4, 0.5) is 0 Å². The first-order valence-corrected chi connectivity index (χ1v) is 35.6. The van der Waals surface area contributed by atoms with Gasteiger partial charge in [0.15, 0.2) is 12.2 Å². The number of aliphatic hydroxyl groups is 1. The molecule has 0 heterocycles. The smallest absolute Gasteiger partial charge is 0.462 e.